The smallest absolute Gasteiger partial charge is 0.201 e. The number of ether oxygens (including phenoxy) is 3. The van der Waals surface area contributed by atoms with Crippen molar-refractivity contribution in [2.45, 2.75) is 58.5 Å². The van der Waals surface area contributed by atoms with Crippen LogP contribution in [0.25, 0.3) is 11.1 Å². The zero-order valence-electron chi connectivity index (χ0n) is 18.0. The maximum Gasteiger partial charge on any atom is 0.201 e. The van der Waals surface area contributed by atoms with Gasteiger partial charge in [0.25, 0.3) is 0 Å². The molecule has 0 bridgehead atoms. The SMILES string of the molecule is CCCCCC1CCC(COc2ccc(-c3ccc(OCC)c(F)c3F)cc2)CO1. The molecule has 0 saturated carbocycles. The molecule has 1 aliphatic rings. The molecule has 2 aromatic carbocycles. The number of halogens is 2. The summed E-state index contributed by atoms with van der Waals surface area (Å²) in [4.78, 5) is 0. The van der Waals surface area contributed by atoms with Crippen molar-refractivity contribution in [3.63, 3.8) is 0 Å². The summed E-state index contributed by atoms with van der Waals surface area (Å²) in [5.41, 5.74) is 0.801. The Morgan fingerprint density at radius 2 is 1.73 bits per heavy atom. The van der Waals surface area contributed by atoms with E-state index in [4.69, 9.17) is 14.2 Å². The van der Waals surface area contributed by atoms with E-state index in [1.54, 1.807) is 31.2 Å². The van der Waals surface area contributed by atoms with Crippen LogP contribution in [0.5, 0.6) is 11.5 Å². The molecule has 3 nitrogen and oxygen atoms in total. The standard InChI is InChI=1S/C25H32F2O3/c1-3-5-6-7-20-11-8-18(16-29-20)17-30-21-12-9-19(10-13-21)22-14-15-23(28-4-2)25(27)24(22)26/h9-10,12-15,18,20H,3-8,11,16-17H2,1-2H3. The quantitative estimate of drug-likeness (QED) is 0.398. The molecule has 3 rings (SSSR count). The van der Waals surface area contributed by atoms with Gasteiger partial charge in [-0.1, -0.05) is 38.3 Å². The second-order valence-electron chi connectivity index (χ2n) is 7.90. The first-order valence-electron chi connectivity index (χ1n) is 11.1. The molecule has 5 heteroatoms. The molecule has 0 N–H and O–H groups in total. The van der Waals surface area contributed by atoms with Gasteiger partial charge in [0.2, 0.25) is 5.82 Å². The normalized spacial score (nSPS) is 18.9. The van der Waals surface area contributed by atoms with Crippen LogP contribution in [0.2, 0.25) is 0 Å². The van der Waals surface area contributed by atoms with Gasteiger partial charge in [0.05, 0.1) is 25.9 Å². The van der Waals surface area contributed by atoms with E-state index in [9.17, 15) is 8.78 Å². The number of unbranched alkanes of at least 4 members (excludes halogenated alkanes) is 2. The fourth-order valence-corrected chi connectivity index (χ4v) is 3.81. The molecule has 0 spiro atoms. The van der Waals surface area contributed by atoms with Gasteiger partial charge in [-0.05, 0) is 56.0 Å². The molecular weight excluding hydrogens is 386 g/mol. The topological polar surface area (TPSA) is 27.7 Å². The van der Waals surface area contributed by atoms with Crippen LogP contribution < -0.4 is 9.47 Å². The summed E-state index contributed by atoms with van der Waals surface area (Å²) in [5, 5.41) is 0. The van der Waals surface area contributed by atoms with Crippen LogP contribution in [0.4, 0.5) is 8.78 Å². The van der Waals surface area contributed by atoms with Gasteiger partial charge < -0.3 is 14.2 Å². The minimum absolute atomic E-state index is 0.0685. The first-order valence-corrected chi connectivity index (χ1v) is 11.1. The van der Waals surface area contributed by atoms with Gasteiger partial charge in [-0.25, -0.2) is 4.39 Å². The Morgan fingerprint density at radius 3 is 2.40 bits per heavy atom. The highest BCUT2D eigenvalue weighted by molar-refractivity contribution is 5.66. The number of rotatable bonds is 10. The lowest BCUT2D eigenvalue weighted by Crippen LogP contribution is -2.29. The lowest BCUT2D eigenvalue weighted by Gasteiger charge is -2.29. The van der Waals surface area contributed by atoms with Crippen LogP contribution in [0.15, 0.2) is 36.4 Å². The van der Waals surface area contributed by atoms with Crippen LogP contribution in [-0.2, 0) is 4.74 Å². The van der Waals surface area contributed by atoms with Gasteiger partial charge in [0.15, 0.2) is 11.6 Å². The summed E-state index contributed by atoms with van der Waals surface area (Å²) in [7, 11) is 0. The Bertz CT molecular complexity index is 784. The Hall–Kier alpha value is -2.14. The van der Waals surface area contributed by atoms with E-state index >= 15 is 0 Å². The van der Waals surface area contributed by atoms with Crippen molar-refractivity contribution in [3.05, 3.63) is 48.0 Å². The third kappa shape index (κ3) is 5.94. The van der Waals surface area contributed by atoms with Crippen molar-refractivity contribution in [1.29, 1.82) is 0 Å². The van der Waals surface area contributed by atoms with Gasteiger partial charge in [-0.3, -0.25) is 0 Å². The highest BCUT2D eigenvalue weighted by Crippen LogP contribution is 2.31. The van der Waals surface area contributed by atoms with Gasteiger partial charge in [-0.15, -0.1) is 0 Å². The van der Waals surface area contributed by atoms with Gasteiger partial charge in [0, 0.05) is 11.5 Å². The molecule has 2 unspecified atom stereocenters. The third-order valence-corrected chi connectivity index (χ3v) is 5.59. The van der Waals surface area contributed by atoms with E-state index in [1.165, 1.54) is 31.4 Å². The molecule has 0 amide bonds. The van der Waals surface area contributed by atoms with Crippen molar-refractivity contribution >= 4 is 0 Å². The summed E-state index contributed by atoms with van der Waals surface area (Å²) in [6.07, 6.45) is 7.53. The summed E-state index contributed by atoms with van der Waals surface area (Å²) in [6, 6.07) is 10.1. The van der Waals surface area contributed by atoms with Crippen LogP contribution in [0.3, 0.4) is 0 Å². The van der Waals surface area contributed by atoms with Crippen molar-refractivity contribution in [2.24, 2.45) is 5.92 Å². The van der Waals surface area contributed by atoms with Crippen molar-refractivity contribution < 1.29 is 23.0 Å². The van der Waals surface area contributed by atoms with E-state index in [2.05, 4.69) is 6.92 Å². The van der Waals surface area contributed by atoms with Gasteiger partial charge in [-0.2, -0.15) is 4.39 Å². The van der Waals surface area contributed by atoms with E-state index in [0.717, 1.165) is 31.6 Å². The monoisotopic (exact) mass is 418 g/mol. The summed E-state index contributed by atoms with van der Waals surface area (Å²) < 4.78 is 45.5. The maximum absolute atomic E-state index is 14.4. The van der Waals surface area contributed by atoms with E-state index in [0.29, 0.717) is 24.2 Å². The van der Waals surface area contributed by atoms with Crippen LogP contribution in [0, 0.1) is 17.6 Å². The molecule has 2 atom stereocenters. The van der Waals surface area contributed by atoms with Crippen molar-refractivity contribution in [2.75, 3.05) is 19.8 Å². The zero-order valence-corrected chi connectivity index (χ0v) is 18.0. The van der Waals surface area contributed by atoms with Crippen LogP contribution in [0.1, 0.15) is 52.4 Å². The first-order chi connectivity index (χ1) is 14.6. The second kappa shape index (κ2) is 11.3. The molecule has 1 aliphatic heterocycles. The Kier molecular flexibility index (Phi) is 8.50. The molecule has 1 fully saturated rings. The van der Waals surface area contributed by atoms with E-state index in [1.807, 2.05) is 0 Å². The average molecular weight is 419 g/mol. The summed E-state index contributed by atoms with van der Waals surface area (Å²) >= 11 is 0. The van der Waals surface area contributed by atoms with E-state index in [-0.39, 0.29) is 17.9 Å². The van der Waals surface area contributed by atoms with E-state index < -0.39 is 11.6 Å². The Morgan fingerprint density at radius 1 is 0.933 bits per heavy atom. The predicted octanol–water partition coefficient (Wildman–Crippen LogP) is 6.78. The summed E-state index contributed by atoms with van der Waals surface area (Å²) in [6.45, 7) is 5.58. The lowest BCUT2D eigenvalue weighted by molar-refractivity contribution is -0.0314. The van der Waals surface area contributed by atoms with Gasteiger partial charge in [0.1, 0.15) is 5.75 Å². The van der Waals surface area contributed by atoms with Gasteiger partial charge >= 0.3 is 0 Å². The number of hydrogen-bond donors (Lipinski definition) is 0. The molecule has 0 radical (unpaired) electrons. The zero-order chi connectivity index (χ0) is 21.3. The fourth-order valence-electron chi connectivity index (χ4n) is 3.81. The molecule has 1 heterocycles. The molecule has 2 aromatic rings. The minimum atomic E-state index is -0.958. The van der Waals surface area contributed by atoms with Crippen molar-refractivity contribution in [1.82, 2.24) is 0 Å². The first kappa shape index (κ1) is 22.5. The highest BCUT2D eigenvalue weighted by Gasteiger charge is 2.22. The molecule has 0 aromatic heterocycles. The predicted molar refractivity (Wildman–Crippen MR) is 115 cm³/mol. The van der Waals surface area contributed by atoms with Crippen LogP contribution in [-0.4, -0.2) is 25.9 Å². The number of benzene rings is 2. The molecular formula is C25H32F2O3. The fraction of sp³-hybridized carbons (Fsp3) is 0.520. The molecule has 30 heavy (non-hydrogen) atoms. The van der Waals surface area contributed by atoms with Crippen LogP contribution >= 0.6 is 0 Å². The minimum Gasteiger partial charge on any atom is -0.493 e. The number of hydrogen-bond acceptors (Lipinski definition) is 3. The Labute approximate surface area is 178 Å². The highest BCUT2D eigenvalue weighted by atomic mass is 19.2. The average Bonchev–Trinajstić information content (AvgIpc) is 2.77. The largest absolute Gasteiger partial charge is 0.493 e. The van der Waals surface area contributed by atoms with Crippen molar-refractivity contribution in [3.8, 4) is 22.6 Å². The molecule has 164 valence electrons. The molecule has 1 saturated heterocycles. The second-order valence-corrected chi connectivity index (χ2v) is 7.90. The summed E-state index contributed by atoms with van der Waals surface area (Å²) in [5.74, 6) is -0.816. The third-order valence-electron chi connectivity index (χ3n) is 5.59. The maximum atomic E-state index is 14.4. The molecule has 0 aliphatic carbocycles. The Balaban J connectivity index is 1.50. The lowest BCUT2D eigenvalue weighted by atomic mass is 9.96.